The van der Waals surface area contributed by atoms with Crippen molar-refractivity contribution in [2.45, 2.75) is 18.9 Å². The molecule has 0 amide bonds. The smallest absolute Gasteiger partial charge is 0.0192 e. The van der Waals surface area contributed by atoms with E-state index in [1.807, 2.05) is 11.8 Å². The molecule has 0 aromatic rings. The number of thioether (sulfide) groups is 1. The second-order valence-electron chi connectivity index (χ2n) is 2.99. The van der Waals surface area contributed by atoms with Crippen molar-refractivity contribution in [1.82, 2.24) is 10.6 Å². The summed E-state index contributed by atoms with van der Waals surface area (Å²) in [6.07, 6.45) is 4.86. The molecule has 1 rings (SSSR count). The van der Waals surface area contributed by atoms with Gasteiger partial charge in [0.05, 0.1) is 0 Å². The van der Waals surface area contributed by atoms with Crippen molar-refractivity contribution >= 4 is 11.8 Å². The number of nitrogens with one attached hydrogen (secondary N) is 2. The lowest BCUT2D eigenvalue weighted by molar-refractivity contribution is 0.548. The largest absolute Gasteiger partial charge is 0.314 e. The predicted molar refractivity (Wildman–Crippen MR) is 52.3 cm³/mol. The molecule has 0 saturated carbocycles. The van der Waals surface area contributed by atoms with Gasteiger partial charge in [0.25, 0.3) is 0 Å². The molecule has 1 aliphatic rings. The van der Waals surface area contributed by atoms with Gasteiger partial charge < -0.3 is 10.6 Å². The Kier molecular flexibility index (Phi) is 4.99. The van der Waals surface area contributed by atoms with Gasteiger partial charge in [0.2, 0.25) is 0 Å². The van der Waals surface area contributed by atoms with Crippen LogP contribution >= 0.6 is 11.8 Å². The summed E-state index contributed by atoms with van der Waals surface area (Å²) in [5.41, 5.74) is 0. The summed E-state index contributed by atoms with van der Waals surface area (Å²) >= 11 is 1.90. The van der Waals surface area contributed by atoms with Crippen molar-refractivity contribution in [3.63, 3.8) is 0 Å². The zero-order valence-corrected chi connectivity index (χ0v) is 8.04. The molecule has 0 bridgehead atoms. The Hall–Kier alpha value is 0.270. The summed E-state index contributed by atoms with van der Waals surface area (Å²) in [5, 5.41) is 6.91. The molecule has 0 aliphatic carbocycles. The quantitative estimate of drug-likeness (QED) is 0.600. The van der Waals surface area contributed by atoms with Crippen LogP contribution in [0.15, 0.2) is 0 Å². The van der Waals surface area contributed by atoms with Crippen molar-refractivity contribution in [2.75, 3.05) is 31.6 Å². The minimum Gasteiger partial charge on any atom is -0.314 e. The van der Waals surface area contributed by atoms with Crippen molar-refractivity contribution in [3.8, 4) is 0 Å². The lowest BCUT2D eigenvalue weighted by Gasteiger charge is -2.10. The second-order valence-corrected chi connectivity index (χ2v) is 3.98. The zero-order valence-electron chi connectivity index (χ0n) is 7.23. The lowest BCUT2D eigenvalue weighted by Crippen LogP contribution is -2.34. The Morgan fingerprint density at radius 2 is 2.55 bits per heavy atom. The molecular formula is C8H18N2S. The van der Waals surface area contributed by atoms with Crippen LogP contribution in [0.3, 0.4) is 0 Å². The van der Waals surface area contributed by atoms with Crippen LogP contribution in [-0.4, -0.2) is 37.7 Å². The SMILES string of the molecule is CSCCNCC1CCCN1. The molecule has 1 saturated heterocycles. The monoisotopic (exact) mass is 174 g/mol. The fourth-order valence-corrected chi connectivity index (χ4v) is 1.73. The first kappa shape index (κ1) is 9.36. The average Bonchev–Trinajstić information content (AvgIpc) is 2.50. The van der Waals surface area contributed by atoms with E-state index in [1.165, 1.54) is 25.1 Å². The van der Waals surface area contributed by atoms with Crippen LogP contribution in [0.25, 0.3) is 0 Å². The molecule has 1 fully saturated rings. The van der Waals surface area contributed by atoms with E-state index in [4.69, 9.17) is 0 Å². The van der Waals surface area contributed by atoms with Gasteiger partial charge in [-0.25, -0.2) is 0 Å². The average molecular weight is 174 g/mol. The Labute approximate surface area is 73.5 Å². The van der Waals surface area contributed by atoms with Crippen molar-refractivity contribution in [1.29, 1.82) is 0 Å². The minimum atomic E-state index is 0.747. The third-order valence-electron chi connectivity index (χ3n) is 2.04. The number of hydrogen-bond donors (Lipinski definition) is 2. The van der Waals surface area contributed by atoms with Gasteiger partial charge in [-0.3, -0.25) is 0 Å². The third kappa shape index (κ3) is 3.99. The predicted octanol–water partition coefficient (Wildman–Crippen LogP) is 0.691. The maximum atomic E-state index is 3.46. The van der Waals surface area contributed by atoms with E-state index in [1.54, 1.807) is 0 Å². The van der Waals surface area contributed by atoms with Crippen molar-refractivity contribution < 1.29 is 0 Å². The molecule has 1 aliphatic heterocycles. The van der Waals surface area contributed by atoms with Gasteiger partial charge >= 0.3 is 0 Å². The van der Waals surface area contributed by atoms with Gasteiger partial charge in [0, 0.05) is 24.9 Å². The highest BCUT2D eigenvalue weighted by Gasteiger charge is 2.12. The van der Waals surface area contributed by atoms with E-state index in [2.05, 4.69) is 16.9 Å². The Morgan fingerprint density at radius 1 is 1.64 bits per heavy atom. The van der Waals surface area contributed by atoms with E-state index < -0.39 is 0 Å². The molecule has 0 radical (unpaired) electrons. The van der Waals surface area contributed by atoms with Crippen LogP contribution in [0.2, 0.25) is 0 Å². The van der Waals surface area contributed by atoms with Gasteiger partial charge in [-0.1, -0.05) is 0 Å². The first-order chi connectivity index (χ1) is 5.43. The van der Waals surface area contributed by atoms with Gasteiger partial charge in [-0.15, -0.1) is 0 Å². The maximum absolute atomic E-state index is 3.46. The van der Waals surface area contributed by atoms with Crippen LogP contribution in [0.1, 0.15) is 12.8 Å². The minimum absolute atomic E-state index is 0.747. The summed E-state index contributed by atoms with van der Waals surface area (Å²) in [6, 6.07) is 0.747. The van der Waals surface area contributed by atoms with Crippen molar-refractivity contribution in [3.05, 3.63) is 0 Å². The van der Waals surface area contributed by atoms with Crippen LogP contribution in [0, 0.1) is 0 Å². The molecule has 0 aromatic carbocycles. The third-order valence-corrected chi connectivity index (χ3v) is 2.65. The van der Waals surface area contributed by atoms with Crippen LogP contribution < -0.4 is 10.6 Å². The fraction of sp³-hybridized carbons (Fsp3) is 1.00. The Morgan fingerprint density at radius 3 is 3.18 bits per heavy atom. The molecular weight excluding hydrogens is 156 g/mol. The standard InChI is InChI=1S/C8H18N2S/c1-11-6-5-9-7-8-3-2-4-10-8/h8-10H,2-7H2,1H3. The summed E-state index contributed by atoms with van der Waals surface area (Å²) in [7, 11) is 0. The first-order valence-electron chi connectivity index (χ1n) is 4.36. The molecule has 11 heavy (non-hydrogen) atoms. The van der Waals surface area contributed by atoms with E-state index in [-0.39, 0.29) is 0 Å². The molecule has 0 spiro atoms. The second kappa shape index (κ2) is 5.86. The first-order valence-corrected chi connectivity index (χ1v) is 5.76. The summed E-state index contributed by atoms with van der Waals surface area (Å²) in [6.45, 7) is 3.52. The van der Waals surface area contributed by atoms with Crippen LogP contribution in [-0.2, 0) is 0 Å². The molecule has 0 aromatic heterocycles. The summed E-state index contributed by atoms with van der Waals surface area (Å²) < 4.78 is 0. The van der Waals surface area contributed by atoms with E-state index in [0.717, 1.165) is 19.1 Å². The van der Waals surface area contributed by atoms with Crippen LogP contribution in [0.5, 0.6) is 0 Å². The number of hydrogen-bond acceptors (Lipinski definition) is 3. The molecule has 1 atom stereocenters. The topological polar surface area (TPSA) is 24.1 Å². The lowest BCUT2D eigenvalue weighted by atomic mass is 10.2. The molecule has 66 valence electrons. The number of rotatable bonds is 5. The maximum Gasteiger partial charge on any atom is 0.0192 e. The van der Waals surface area contributed by atoms with Crippen LogP contribution in [0.4, 0.5) is 0 Å². The fourth-order valence-electron chi connectivity index (χ4n) is 1.38. The van der Waals surface area contributed by atoms with Crippen molar-refractivity contribution in [2.24, 2.45) is 0 Å². The molecule has 3 heteroatoms. The van der Waals surface area contributed by atoms with E-state index >= 15 is 0 Å². The van der Waals surface area contributed by atoms with E-state index in [9.17, 15) is 0 Å². The highest BCUT2D eigenvalue weighted by atomic mass is 32.2. The Balaban J connectivity index is 1.86. The van der Waals surface area contributed by atoms with Gasteiger partial charge in [0.15, 0.2) is 0 Å². The summed E-state index contributed by atoms with van der Waals surface area (Å²) in [4.78, 5) is 0. The van der Waals surface area contributed by atoms with Gasteiger partial charge in [-0.05, 0) is 25.6 Å². The van der Waals surface area contributed by atoms with Gasteiger partial charge in [-0.2, -0.15) is 11.8 Å². The van der Waals surface area contributed by atoms with E-state index in [0.29, 0.717) is 0 Å². The molecule has 2 N–H and O–H groups in total. The zero-order chi connectivity index (χ0) is 7.94. The molecule has 1 heterocycles. The summed E-state index contributed by atoms with van der Waals surface area (Å²) in [5.74, 6) is 1.23. The normalized spacial score (nSPS) is 24.3. The molecule has 2 nitrogen and oxygen atoms in total. The Bertz CT molecular complexity index is 92.1. The van der Waals surface area contributed by atoms with Gasteiger partial charge in [0.1, 0.15) is 0 Å². The highest BCUT2D eigenvalue weighted by molar-refractivity contribution is 7.98. The highest BCUT2D eigenvalue weighted by Crippen LogP contribution is 2.02. The molecule has 1 unspecified atom stereocenters.